The molecule has 1 atom stereocenters. The third-order valence-electron chi connectivity index (χ3n) is 2.06. The molecule has 0 bridgehead atoms. The first-order valence-electron chi connectivity index (χ1n) is 4.43. The van der Waals surface area contributed by atoms with Gasteiger partial charge in [0.2, 0.25) is 16.5 Å². The SMILES string of the molecule is CCc1cc(CC)cc([P+](=O)Cl)c1. The molecule has 0 heterocycles. The van der Waals surface area contributed by atoms with E-state index in [1.165, 1.54) is 11.1 Å². The van der Waals surface area contributed by atoms with Gasteiger partial charge in [-0.2, -0.15) is 0 Å². The van der Waals surface area contributed by atoms with Gasteiger partial charge < -0.3 is 0 Å². The maximum Gasteiger partial charge on any atom is 0.494 e. The van der Waals surface area contributed by atoms with Crippen LogP contribution >= 0.6 is 18.4 Å². The average Bonchev–Trinajstić information content (AvgIpc) is 2.16. The average molecular weight is 216 g/mol. The molecule has 0 saturated heterocycles. The highest BCUT2D eigenvalue weighted by molar-refractivity contribution is 7.80. The predicted octanol–water partition coefficient (Wildman–Crippen LogP) is 3.42. The highest BCUT2D eigenvalue weighted by Crippen LogP contribution is 2.26. The van der Waals surface area contributed by atoms with Crippen LogP contribution in [0.3, 0.4) is 0 Å². The Bertz CT molecular complexity index is 300. The zero-order valence-electron chi connectivity index (χ0n) is 7.88. The van der Waals surface area contributed by atoms with Gasteiger partial charge in [0.15, 0.2) is 0 Å². The fourth-order valence-electron chi connectivity index (χ4n) is 1.25. The van der Waals surface area contributed by atoms with Crippen LogP contribution < -0.4 is 5.30 Å². The molecule has 0 saturated carbocycles. The van der Waals surface area contributed by atoms with Gasteiger partial charge in [-0.15, -0.1) is 0 Å². The molecule has 1 nitrogen and oxygen atoms in total. The van der Waals surface area contributed by atoms with Gasteiger partial charge >= 0.3 is 7.15 Å². The Morgan fingerprint density at radius 2 is 1.62 bits per heavy atom. The smallest absolute Gasteiger partial charge is 0.0613 e. The van der Waals surface area contributed by atoms with Crippen LogP contribution in [0.15, 0.2) is 18.2 Å². The van der Waals surface area contributed by atoms with Crippen molar-refractivity contribution in [3.05, 3.63) is 29.3 Å². The van der Waals surface area contributed by atoms with Gasteiger partial charge in [0.05, 0.1) is 0 Å². The lowest BCUT2D eigenvalue weighted by Gasteiger charge is -1.99. The van der Waals surface area contributed by atoms with Crippen molar-refractivity contribution < 1.29 is 4.57 Å². The fraction of sp³-hybridized carbons (Fsp3) is 0.400. The Kier molecular flexibility index (Phi) is 3.90. The first-order chi connectivity index (χ1) is 6.17. The summed E-state index contributed by atoms with van der Waals surface area (Å²) < 4.78 is 11.1. The van der Waals surface area contributed by atoms with Crippen LogP contribution in [0.5, 0.6) is 0 Å². The van der Waals surface area contributed by atoms with Crippen molar-refractivity contribution in [3.63, 3.8) is 0 Å². The van der Waals surface area contributed by atoms with Crippen molar-refractivity contribution >= 4 is 23.7 Å². The molecule has 70 valence electrons. The number of benzene rings is 1. The van der Waals surface area contributed by atoms with E-state index in [9.17, 15) is 4.57 Å². The monoisotopic (exact) mass is 215 g/mol. The Morgan fingerprint density at radius 3 is 1.92 bits per heavy atom. The van der Waals surface area contributed by atoms with Crippen LogP contribution in [0, 0.1) is 0 Å². The summed E-state index contributed by atoms with van der Waals surface area (Å²) in [5, 5.41) is 0.757. The zero-order chi connectivity index (χ0) is 9.84. The molecule has 0 N–H and O–H groups in total. The van der Waals surface area contributed by atoms with Crippen LogP contribution in [-0.4, -0.2) is 0 Å². The molecule has 3 heteroatoms. The molecule has 0 amide bonds. The maximum atomic E-state index is 11.1. The predicted molar refractivity (Wildman–Crippen MR) is 58.3 cm³/mol. The lowest BCUT2D eigenvalue weighted by Crippen LogP contribution is -1.99. The van der Waals surface area contributed by atoms with Crippen molar-refractivity contribution in [1.29, 1.82) is 0 Å². The Morgan fingerprint density at radius 1 is 1.15 bits per heavy atom. The van der Waals surface area contributed by atoms with E-state index >= 15 is 0 Å². The second-order valence-electron chi connectivity index (χ2n) is 2.96. The minimum Gasteiger partial charge on any atom is -0.0613 e. The third kappa shape index (κ3) is 2.79. The lowest BCUT2D eigenvalue weighted by molar-refractivity contribution is 0.600. The van der Waals surface area contributed by atoms with Gasteiger partial charge in [-0.05, 0) is 40.7 Å². The first kappa shape index (κ1) is 10.7. The van der Waals surface area contributed by atoms with Crippen molar-refractivity contribution in [2.24, 2.45) is 0 Å². The van der Waals surface area contributed by atoms with E-state index in [2.05, 4.69) is 19.9 Å². The van der Waals surface area contributed by atoms with Crippen LogP contribution in [0.1, 0.15) is 25.0 Å². The van der Waals surface area contributed by atoms with Crippen molar-refractivity contribution in [2.45, 2.75) is 26.7 Å². The summed E-state index contributed by atoms with van der Waals surface area (Å²) in [6.07, 6.45) is 1.92. The molecule has 0 aliphatic heterocycles. The lowest BCUT2D eigenvalue weighted by atomic mass is 10.1. The summed E-state index contributed by atoms with van der Waals surface area (Å²) in [5.74, 6) is 0. The first-order valence-corrected chi connectivity index (χ1v) is 6.59. The van der Waals surface area contributed by atoms with Gasteiger partial charge in [0.1, 0.15) is 0 Å². The van der Waals surface area contributed by atoms with Gasteiger partial charge in [-0.3, -0.25) is 0 Å². The highest BCUT2D eigenvalue weighted by Gasteiger charge is 2.17. The molecule has 0 spiro atoms. The summed E-state index contributed by atoms with van der Waals surface area (Å²) in [6.45, 7) is 4.17. The second-order valence-corrected chi connectivity index (χ2v) is 4.89. The molecule has 1 aromatic carbocycles. The molecule has 1 unspecified atom stereocenters. The molecular formula is C10H13ClOP+. The number of halogens is 1. The topological polar surface area (TPSA) is 17.1 Å². The minimum atomic E-state index is -1.72. The van der Waals surface area contributed by atoms with E-state index in [0.717, 1.165) is 18.1 Å². The number of aryl methyl sites for hydroxylation is 2. The molecule has 0 aliphatic carbocycles. The third-order valence-corrected chi connectivity index (χ3v) is 3.31. The number of hydrogen-bond acceptors (Lipinski definition) is 1. The molecular weight excluding hydrogens is 203 g/mol. The van der Waals surface area contributed by atoms with E-state index in [1.54, 1.807) is 0 Å². The Labute approximate surface area is 84.7 Å². The molecule has 0 radical (unpaired) electrons. The molecule has 0 aromatic heterocycles. The Balaban J connectivity index is 3.14. The molecule has 13 heavy (non-hydrogen) atoms. The zero-order valence-corrected chi connectivity index (χ0v) is 9.53. The van der Waals surface area contributed by atoms with Crippen molar-refractivity contribution in [3.8, 4) is 0 Å². The van der Waals surface area contributed by atoms with Gasteiger partial charge in [-0.1, -0.05) is 19.9 Å². The normalized spacial score (nSPS) is 11.5. The highest BCUT2D eigenvalue weighted by atomic mass is 35.7. The molecule has 1 rings (SSSR count). The standard InChI is InChI=1S/C10H13ClOP/c1-3-8-5-9(4-2)7-10(6-8)13(11)12/h5-7H,3-4H2,1-2H3/q+1. The fourth-order valence-corrected chi connectivity index (χ4v) is 2.08. The summed E-state index contributed by atoms with van der Waals surface area (Å²) in [6, 6.07) is 5.98. The molecule has 0 fully saturated rings. The van der Waals surface area contributed by atoms with Crippen LogP contribution in [0.25, 0.3) is 0 Å². The van der Waals surface area contributed by atoms with E-state index in [4.69, 9.17) is 11.2 Å². The maximum absolute atomic E-state index is 11.1. The largest absolute Gasteiger partial charge is 0.494 e. The minimum absolute atomic E-state index is 0.757. The number of rotatable bonds is 3. The molecule has 1 aromatic rings. The van der Waals surface area contributed by atoms with E-state index in [1.807, 2.05) is 12.1 Å². The second kappa shape index (κ2) is 4.74. The van der Waals surface area contributed by atoms with E-state index in [0.29, 0.717) is 0 Å². The van der Waals surface area contributed by atoms with Crippen molar-refractivity contribution in [2.75, 3.05) is 0 Å². The van der Waals surface area contributed by atoms with Crippen LogP contribution in [0.2, 0.25) is 0 Å². The summed E-state index contributed by atoms with van der Waals surface area (Å²) in [5.41, 5.74) is 2.41. The van der Waals surface area contributed by atoms with Gasteiger partial charge in [0.25, 0.3) is 0 Å². The quantitative estimate of drug-likeness (QED) is 0.707. The van der Waals surface area contributed by atoms with Crippen LogP contribution in [-0.2, 0) is 17.4 Å². The summed E-state index contributed by atoms with van der Waals surface area (Å²) >= 11 is 5.57. The Hall–Kier alpha value is -0.390. The van der Waals surface area contributed by atoms with Crippen LogP contribution in [0.4, 0.5) is 0 Å². The summed E-state index contributed by atoms with van der Waals surface area (Å²) in [7, 11) is -1.72. The van der Waals surface area contributed by atoms with Crippen molar-refractivity contribution in [1.82, 2.24) is 0 Å². The molecule has 0 aliphatic rings. The van der Waals surface area contributed by atoms with Gasteiger partial charge in [0, 0.05) is 0 Å². The number of hydrogen-bond donors (Lipinski definition) is 0. The van der Waals surface area contributed by atoms with E-state index < -0.39 is 7.15 Å². The summed E-state index contributed by atoms with van der Waals surface area (Å²) in [4.78, 5) is 0. The van der Waals surface area contributed by atoms with Gasteiger partial charge in [-0.25, -0.2) is 0 Å². The van der Waals surface area contributed by atoms with E-state index in [-0.39, 0.29) is 0 Å².